The van der Waals surface area contributed by atoms with Crippen molar-refractivity contribution in [3.05, 3.63) is 6.92 Å². The molecule has 0 saturated carbocycles. The molecule has 0 aliphatic carbocycles. The van der Waals surface area contributed by atoms with Gasteiger partial charge in [0.15, 0.2) is 0 Å². The number of hydrogen-bond acceptors (Lipinski definition) is 1. The average molecular weight is 111 g/mol. The Morgan fingerprint density at radius 1 is 1.38 bits per heavy atom. The van der Waals surface area contributed by atoms with Crippen LogP contribution in [0.25, 0.3) is 0 Å². The lowest BCUT2D eigenvalue weighted by Crippen LogP contribution is -2.11. The summed E-state index contributed by atoms with van der Waals surface area (Å²) in [5.41, 5.74) is 0. The van der Waals surface area contributed by atoms with Gasteiger partial charge in [0.1, 0.15) is 0 Å². The van der Waals surface area contributed by atoms with Crippen molar-refractivity contribution in [2.24, 2.45) is 5.92 Å². The maximum atomic E-state index is 5.52. The molecule has 2 rings (SSSR count). The third-order valence-electron chi connectivity index (χ3n) is 2.23. The van der Waals surface area contributed by atoms with Crippen LogP contribution in [0.1, 0.15) is 19.3 Å². The highest BCUT2D eigenvalue weighted by atomic mass is 16.5. The summed E-state index contributed by atoms with van der Waals surface area (Å²) in [5, 5.41) is 0. The van der Waals surface area contributed by atoms with E-state index in [1.807, 2.05) is 0 Å². The largest absolute Gasteiger partial charge is 0.375 e. The second-order valence-electron chi connectivity index (χ2n) is 2.87. The zero-order chi connectivity index (χ0) is 5.56. The smallest absolute Gasteiger partial charge is 0.0609 e. The van der Waals surface area contributed by atoms with Crippen LogP contribution in [-0.4, -0.2) is 12.2 Å². The lowest BCUT2D eigenvalue weighted by atomic mass is 9.91. The van der Waals surface area contributed by atoms with E-state index in [9.17, 15) is 0 Å². The van der Waals surface area contributed by atoms with Crippen molar-refractivity contribution in [3.63, 3.8) is 0 Å². The molecule has 1 heteroatoms. The lowest BCUT2D eigenvalue weighted by Gasteiger charge is -2.10. The Hall–Kier alpha value is -0.0400. The van der Waals surface area contributed by atoms with Gasteiger partial charge in [0.05, 0.1) is 12.2 Å². The summed E-state index contributed by atoms with van der Waals surface area (Å²) in [5.74, 6) is 0.605. The molecule has 0 amide bonds. The second kappa shape index (κ2) is 1.47. The van der Waals surface area contributed by atoms with Crippen molar-refractivity contribution in [3.8, 4) is 0 Å². The van der Waals surface area contributed by atoms with Crippen molar-refractivity contribution in [1.82, 2.24) is 0 Å². The molecule has 2 aliphatic heterocycles. The van der Waals surface area contributed by atoms with Crippen molar-refractivity contribution in [2.45, 2.75) is 31.5 Å². The molecule has 3 atom stereocenters. The summed E-state index contributed by atoms with van der Waals surface area (Å²) in [7, 11) is 0. The fourth-order valence-electron chi connectivity index (χ4n) is 1.74. The maximum Gasteiger partial charge on any atom is 0.0609 e. The molecule has 0 N–H and O–H groups in total. The van der Waals surface area contributed by atoms with E-state index in [1.165, 1.54) is 19.3 Å². The van der Waals surface area contributed by atoms with Crippen LogP contribution in [0, 0.1) is 12.8 Å². The Bertz CT molecular complexity index is 98.6. The topological polar surface area (TPSA) is 9.23 Å². The molecule has 0 aromatic heterocycles. The van der Waals surface area contributed by atoms with E-state index >= 15 is 0 Å². The minimum absolute atomic E-state index is 0.528. The van der Waals surface area contributed by atoms with Gasteiger partial charge < -0.3 is 4.74 Å². The molecule has 2 bridgehead atoms. The summed E-state index contributed by atoms with van der Waals surface area (Å²) < 4.78 is 5.52. The Labute approximate surface area is 50.0 Å². The summed E-state index contributed by atoms with van der Waals surface area (Å²) in [6.07, 6.45) is 4.88. The van der Waals surface area contributed by atoms with Gasteiger partial charge in [-0.3, -0.25) is 0 Å². The van der Waals surface area contributed by atoms with Gasteiger partial charge in [0.25, 0.3) is 0 Å². The molecule has 2 fully saturated rings. The molecular formula is C7H11O. The molecular weight excluding hydrogens is 100 g/mol. The Balaban J connectivity index is 2.11. The quantitative estimate of drug-likeness (QED) is 0.459. The van der Waals surface area contributed by atoms with Gasteiger partial charge in [-0.25, -0.2) is 0 Å². The molecule has 0 spiro atoms. The van der Waals surface area contributed by atoms with Crippen LogP contribution in [0.5, 0.6) is 0 Å². The molecule has 2 heterocycles. The first-order valence-electron chi connectivity index (χ1n) is 3.35. The molecule has 8 heavy (non-hydrogen) atoms. The van der Waals surface area contributed by atoms with Crippen LogP contribution in [0.2, 0.25) is 0 Å². The summed E-state index contributed by atoms with van der Waals surface area (Å²) in [6.45, 7) is 4.00. The molecule has 45 valence electrons. The van der Waals surface area contributed by atoms with Crippen molar-refractivity contribution < 1.29 is 4.74 Å². The van der Waals surface area contributed by atoms with Crippen LogP contribution in [0.3, 0.4) is 0 Å². The standard InChI is InChI=1S/C7H11O/c1-5-4-6-2-3-7(5)8-6/h5-7H,1-4H2. The molecule has 1 nitrogen and oxygen atoms in total. The van der Waals surface area contributed by atoms with E-state index in [0.717, 1.165) is 0 Å². The van der Waals surface area contributed by atoms with Gasteiger partial charge in [-0.05, 0) is 32.1 Å². The predicted molar refractivity (Wildman–Crippen MR) is 31.4 cm³/mol. The number of fused-ring (bicyclic) bond motifs is 2. The zero-order valence-electron chi connectivity index (χ0n) is 4.97. The van der Waals surface area contributed by atoms with Crippen molar-refractivity contribution >= 4 is 0 Å². The minimum atomic E-state index is 0.528. The first kappa shape index (κ1) is 4.80. The highest BCUT2D eigenvalue weighted by Crippen LogP contribution is 2.37. The van der Waals surface area contributed by atoms with E-state index in [-0.39, 0.29) is 0 Å². The Morgan fingerprint density at radius 2 is 2.25 bits per heavy atom. The average Bonchev–Trinajstić information content (AvgIpc) is 2.23. The summed E-state index contributed by atoms with van der Waals surface area (Å²) in [6, 6.07) is 0. The molecule has 0 aromatic rings. The third kappa shape index (κ3) is 0.510. The van der Waals surface area contributed by atoms with E-state index in [2.05, 4.69) is 6.92 Å². The van der Waals surface area contributed by atoms with Gasteiger partial charge in [0, 0.05) is 0 Å². The van der Waals surface area contributed by atoms with Crippen LogP contribution in [0.15, 0.2) is 0 Å². The highest BCUT2D eigenvalue weighted by Gasteiger charge is 2.37. The molecule has 1 radical (unpaired) electrons. The Morgan fingerprint density at radius 3 is 2.50 bits per heavy atom. The SMILES string of the molecule is [CH2]C1CC2CCC1O2. The number of rotatable bonds is 0. The number of hydrogen-bond donors (Lipinski definition) is 0. The lowest BCUT2D eigenvalue weighted by molar-refractivity contribution is 0.0976. The molecule has 0 aromatic carbocycles. The predicted octanol–water partition coefficient (Wildman–Crippen LogP) is 1.39. The van der Waals surface area contributed by atoms with Gasteiger partial charge in [-0.1, -0.05) is 0 Å². The van der Waals surface area contributed by atoms with Crippen LogP contribution in [0.4, 0.5) is 0 Å². The Kier molecular flexibility index (Phi) is 0.884. The molecule has 2 aliphatic rings. The van der Waals surface area contributed by atoms with Crippen LogP contribution >= 0.6 is 0 Å². The first-order chi connectivity index (χ1) is 3.86. The minimum Gasteiger partial charge on any atom is -0.375 e. The second-order valence-corrected chi connectivity index (χ2v) is 2.87. The highest BCUT2D eigenvalue weighted by molar-refractivity contribution is 4.90. The van der Waals surface area contributed by atoms with Gasteiger partial charge in [0.2, 0.25) is 0 Å². The molecule has 3 unspecified atom stereocenters. The van der Waals surface area contributed by atoms with Crippen molar-refractivity contribution in [2.75, 3.05) is 0 Å². The molecule has 2 saturated heterocycles. The summed E-state index contributed by atoms with van der Waals surface area (Å²) in [4.78, 5) is 0. The normalized spacial score (nSPS) is 52.9. The first-order valence-corrected chi connectivity index (χ1v) is 3.35. The maximum absolute atomic E-state index is 5.52. The zero-order valence-corrected chi connectivity index (χ0v) is 4.97. The van der Waals surface area contributed by atoms with Gasteiger partial charge >= 0.3 is 0 Å². The van der Waals surface area contributed by atoms with Gasteiger partial charge in [-0.2, -0.15) is 0 Å². The van der Waals surface area contributed by atoms with E-state index < -0.39 is 0 Å². The van der Waals surface area contributed by atoms with E-state index in [1.54, 1.807) is 0 Å². The van der Waals surface area contributed by atoms with Crippen molar-refractivity contribution in [1.29, 1.82) is 0 Å². The van der Waals surface area contributed by atoms with E-state index in [4.69, 9.17) is 4.74 Å². The van der Waals surface area contributed by atoms with Crippen LogP contribution < -0.4 is 0 Å². The fraction of sp³-hybridized carbons (Fsp3) is 0.857. The fourth-order valence-corrected chi connectivity index (χ4v) is 1.74. The summed E-state index contributed by atoms with van der Waals surface area (Å²) >= 11 is 0. The monoisotopic (exact) mass is 111 g/mol. The van der Waals surface area contributed by atoms with Crippen LogP contribution in [-0.2, 0) is 4.74 Å². The van der Waals surface area contributed by atoms with E-state index in [0.29, 0.717) is 18.1 Å². The third-order valence-corrected chi connectivity index (χ3v) is 2.23. The van der Waals surface area contributed by atoms with Gasteiger partial charge in [-0.15, -0.1) is 0 Å². The number of ether oxygens (including phenoxy) is 1.